The maximum absolute atomic E-state index is 10.5. The summed E-state index contributed by atoms with van der Waals surface area (Å²) in [6.45, 7) is 1.43. The Morgan fingerprint density at radius 3 is 3.18 bits per heavy atom. The molecule has 7 heteroatoms. The van der Waals surface area contributed by atoms with Crippen LogP contribution in [0.3, 0.4) is 0 Å². The molecule has 0 bridgehead atoms. The van der Waals surface area contributed by atoms with E-state index in [1.165, 1.54) is 18.3 Å². The Morgan fingerprint density at radius 2 is 2.53 bits per heavy atom. The molecule has 0 aliphatic rings. The number of carboxylic acids is 1. The van der Waals surface area contributed by atoms with Crippen LogP contribution in [0.1, 0.15) is 12.8 Å². The molecule has 0 radical (unpaired) electrons. The lowest BCUT2D eigenvalue weighted by Gasteiger charge is -2.04. The summed E-state index contributed by atoms with van der Waals surface area (Å²) < 4.78 is 9.97. The summed E-state index contributed by atoms with van der Waals surface area (Å²) in [6, 6.07) is 1.88. The Labute approximate surface area is 101 Å². The fourth-order valence-electron chi connectivity index (χ4n) is 1.09. The van der Waals surface area contributed by atoms with E-state index in [4.69, 9.17) is 14.4 Å². The van der Waals surface area contributed by atoms with Crippen molar-refractivity contribution in [2.24, 2.45) is 0 Å². The van der Waals surface area contributed by atoms with Crippen molar-refractivity contribution in [1.82, 2.24) is 10.1 Å². The smallest absolute Gasteiger partial charge is 0.332 e. The number of carboxylic acid groups (broad SMARTS) is 1. The topological polar surface area (TPSA) is 85.5 Å². The summed E-state index contributed by atoms with van der Waals surface area (Å²) in [7, 11) is 0. The highest BCUT2D eigenvalue weighted by atomic mass is 32.1. The minimum Gasteiger partial charge on any atom is -0.479 e. The fourth-order valence-corrected chi connectivity index (χ4v) is 1.72. The third-order valence-electron chi connectivity index (χ3n) is 2.05. The van der Waals surface area contributed by atoms with Gasteiger partial charge in [0.2, 0.25) is 5.82 Å². The third kappa shape index (κ3) is 2.89. The molecule has 0 spiro atoms. The molecule has 0 aliphatic carbocycles. The predicted octanol–water partition coefficient (Wildman–Crippen LogP) is 1.79. The molecular weight excluding hydrogens is 244 g/mol. The Hall–Kier alpha value is -1.73. The van der Waals surface area contributed by atoms with Gasteiger partial charge in [0.05, 0.1) is 0 Å². The largest absolute Gasteiger partial charge is 0.479 e. The zero-order valence-electron chi connectivity index (χ0n) is 8.99. The van der Waals surface area contributed by atoms with Crippen molar-refractivity contribution >= 4 is 17.3 Å². The van der Waals surface area contributed by atoms with Gasteiger partial charge in [-0.25, -0.2) is 4.79 Å². The van der Waals surface area contributed by atoms with Crippen molar-refractivity contribution in [3.05, 3.63) is 22.7 Å². The van der Waals surface area contributed by atoms with Gasteiger partial charge in [0, 0.05) is 10.9 Å². The summed E-state index contributed by atoms with van der Waals surface area (Å²) in [5, 5.41) is 16.2. The van der Waals surface area contributed by atoms with Gasteiger partial charge in [0.15, 0.2) is 6.10 Å². The van der Waals surface area contributed by atoms with Crippen LogP contribution in [0.5, 0.6) is 0 Å². The standard InChI is InChI=1S/C10H10N2O4S/c1-6(10(13)14)15-4-8-11-9(12-16-8)7-2-3-17-5-7/h2-3,5-6H,4H2,1H3,(H,13,14)/t6-/m0/s1. The molecule has 0 fully saturated rings. The monoisotopic (exact) mass is 254 g/mol. The Bertz CT molecular complexity index is 494. The van der Waals surface area contributed by atoms with Crippen LogP contribution in [0.4, 0.5) is 0 Å². The minimum absolute atomic E-state index is 0.00932. The first kappa shape index (κ1) is 11.7. The van der Waals surface area contributed by atoms with Crippen LogP contribution in [0.2, 0.25) is 0 Å². The van der Waals surface area contributed by atoms with Crippen LogP contribution in [0.25, 0.3) is 11.4 Å². The number of aliphatic carboxylic acids is 1. The second-order valence-corrected chi connectivity index (χ2v) is 4.10. The minimum atomic E-state index is -1.03. The first-order valence-corrected chi connectivity index (χ1v) is 5.80. The van der Waals surface area contributed by atoms with E-state index in [9.17, 15) is 4.79 Å². The zero-order valence-corrected chi connectivity index (χ0v) is 9.81. The van der Waals surface area contributed by atoms with E-state index in [2.05, 4.69) is 10.1 Å². The average molecular weight is 254 g/mol. The second kappa shape index (κ2) is 5.07. The van der Waals surface area contributed by atoms with E-state index in [0.29, 0.717) is 5.82 Å². The van der Waals surface area contributed by atoms with Gasteiger partial charge < -0.3 is 14.4 Å². The number of thiophene rings is 1. The highest BCUT2D eigenvalue weighted by Gasteiger charge is 2.14. The summed E-state index contributed by atoms with van der Waals surface area (Å²) in [6.07, 6.45) is -0.897. The van der Waals surface area contributed by atoms with Crippen LogP contribution in [0.15, 0.2) is 21.3 Å². The van der Waals surface area contributed by atoms with Gasteiger partial charge in [-0.1, -0.05) is 5.16 Å². The van der Waals surface area contributed by atoms with E-state index in [0.717, 1.165) is 5.56 Å². The molecule has 2 aromatic heterocycles. The summed E-state index contributed by atoms with van der Waals surface area (Å²) >= 11 is 1.54. The molecule has 0 aromatic carbocycles. The van der Waals surface area contributed by atoms with Crippen LogP contribution in [-0.2, 0) is 16.1 Å². The first-order valence-electron chi connectivity index (χ1n) is 4.86. The predicted molar refractivity (Wildman–Crippen MR) is 59.5 cm³/mol. The molecule has 0 amide bonds. The van der Waals surface area contributed by atoms with Gasteiger partial charge in [0.25, 0.3) is 5.89 Å². The molecular formula is C10H10N2O4S. The Morgan fingerprint density at radius 1 is 1.71 bits per heavy atom. The van der Waals surface area contributed by atoms with E-state index in [1.807, 2.05) is 16.8 Å². The Balaban J connectivity index is 1.97. The molecule has 0 unspecified atom stereocenters. The highest BCUT2D eigenvalue weighted by molar-refractivity contribution is 7.08. The average Bonchev–Trinajstić information content (AvgIpc) is 2.95. The molecule has 1 N–H and O–H groups in total. The van der Waals surface area contributed by atoms with Gasteiger partial charge in [-0.2, -0.15) is 16.3 Å². The molecule has 6 nitrogen and oxygen atoms in total. The summed E-state index contributed by atoms with van der Waals surface area (Å²) in [5.41, 5.74) is 0.872. The first-order chi connectivity index (χ1) is 8.16. The van der Waals surface area contributed by atoms with Gasteiger partial charge >= 0.3 is 5.97 Å². The number of hydrogen-bond acceptors (Lipinski definition) is 6. The van der Waals surface area contributed by atoms with E-state index >= 15 is 0 Å². The van der Waals surface area contributed by atoms with Gasteiger partial charge in [-0.15, -0.1) is 0 Å². The second-order valence-electron chi connectivity index (χ2n) is 3.32. The molecule has 0 aliphatic heterocycles. The number of aromatic nitrogens is 2. The summed E-state index contributed by atoms with van der Waals surface area (Å²) in [5.74, 6) is -0.283. The molecule has 1 atom stereocenters. The number of ether oxygens (including phenoxy) is 1. The number of rotatable bonds is 5. The third-order valence-corrected chi connectivity index (χ3v) is 2.74. The SMILES string of the molecule is C[C@H](OCc1nc(-c2ccsc2)no1)C(=O)O. The Kier molecular flexibility index (Phi) is 3.50. The maximum atomic E-state index is 10.5. The molecule has 17 heavy (non-hydrogen) atoms. The molecule has 0 saturated carbocycles. The van der Waals surface area contributed by atoms with Crippen molar-refractivity contribution in [3.8, 4) is 11.4 Å². The van der Waals surface area contributed by atoms with E-state index < -0.39 is 12.1 Å². The normalized spacial score (nSPS) is 12.5. The van der Waals surface area contributed by atoms with Gasteiger partial charge in [-0.05, 0) is 18.4 Å². The number of hydrogen-bond donors (Lipinski definition) is 1. The van der Waals surface area contributed by atoms with E-state index in [-0.39, 0.29) is 12.5 Å². The summed E-state index contributed by atoms with van der Waals surface area (Å²) in [4.78, 5) is 14.6. The number of nitrogens with zero attached hydrogens (tertiary/aromatic N) is 2. The van der Waals surface area contributed by atoms with Crippen molar-refractivity contribution in [3.63, 3.8) is 0 Å². The molecule has 2 aromatic rings. The van der Waals surface area contributed by atoms with Crippen LogP contribution in [-0.4, -0.2) is 27.3 Å². The van der Waals surface area contributed by atoms with Crippen molar-refractivity contribution in [2.45, 2.75) is 19.6 Å². The zero-order chi connectivity index (χ0) is 12.3. The van der Waals surface area contributed by atoms with Crippen LogP contribution in [0, 0.1) is 0 Å². The van der Waals surface area contributed by atoms with Crippen molar-refractivity contribution in [2.75, 3.05) is 0 Å². The molecule has 2 rings (SSSR count). The lowest BCUT2D eigenvalue weighted by molar-refractivity contribution is -0.150. The van der Waals surface area contributed by atoms with Crippen LogP contribution < -0.4 is 0 Å². The lowest BCUT2D eigenvalue weighted by Crippen LogP contribution is -2.19. The fraction of sp³-hybridized carbons (Fsp3) is 0.300. The van der Waals surface area contributed by atoms with Gasteiger partial charge in [-0.3, -0.25) is 0 Å². The molecule has 90 valence electrons. The van der Waals surface area contributed by atoms with Crippen molar-refractivity contribution in [1.29, 1.82) is 0 Å². The maximum Gasteiger partial charge on any atom is 0.332 e. The highest BCUT2D eigenvalue weighted by Crippen LogP contribution is 2.18. The molecule has 0 saturated heterocycles. The van der Waals surface area contributed by atoms with E-state index in [1.54, 1.807) is 0 Å². The van der Waals surface area contributed by atoms with Crippen LogP contribution >= 0.6 is 11.3 Å². The quantitative estimate of drug-likeness (QED) is 0.875. The van der Waals surface area contributed by atoms with Crippen molar-refractivity contribution < 1.29 is 19.2 Å². The lowest BCUT2D eigenvalue weighted by atomic mass is 10.3. The van der Waals surface area contributed by atoms with Gasteiger partial charge in [0.1, 0.15) is 6.61 Å². The molecule has 2 heterocycles. The number of carbonyl (C=O) groups is 1.